The summed E-state index contributed by atoms with van der Waals surface area (Å²) in [6.45, 7) is 5.33. The predicted molar refractivity (Wildman–Crippen MR) is 166 cm³/mol. The first-order chi connectivity index (χ1) is 20.9. The number of halogens is 1. The van der Waals surface area contributed by atoms with Gasteiger partial charge in [-0.3, -0.25) is 14.9 Å². The Morgan fingerprint density at radius 3 is 2.33 bits per heavy atom. The lowest BCUT2D eigenvalue weighted by atomic mass is 10.2. The highest BCUT2D eigenvalue weighted by Gasteiger charge is 2.15. The molecule has 0 radical (unpaired) electrons. The highest BCUT2D eigenvalue weighted by atomic mass is 79.9. The number of nitrogens with one attached hydrogen (secondary N) is 1. The molecular weight excluding hydrogens is 618 g/mol. The quantitative estimate of drug-likeness (QED) is 0.0882. The molecule has 0 saturated heterocycles. The van der Waals surface area contributed by atoms with Gasteiger partial charge in [0.2, 0.25) is 0 Å². The number of hydrogen-bond acceptors (Lipinski definition) is 8. The molecular formula is C32H30BrN3O7. The molecule has 0 atom stereocenters. The second-order valence-electron chi connectivity index (χ2n) is 9.05. The van der Waals surface area contributed by atoms with Crippen LogP contribution < -0.4 is 24.4 Å². The molecule has 1 amide bonds. The van der Waals surface area contributed by atoms with Crippen molar-refractivity contribution in [2.24, 2.45) is 5.10 Å². The topological polar surface area (TPSA) is 122 Å². The Hall–Kier alpha value is -4.90. The van der Waals surface area contributed by atoms with E-state index in [-0.39, 0.29) is 17.9 Å². The lowest BCUT2D eigenvalue weighted by molar-refractivity contribution is -0.384. The van der Waals surface area contributed by atoms with Crippen molar-refractivity contribution in [3.8, 4) is 23.0 Å². The molecule has 4 rings (SSSR count). The molecule has 1 N–H and O–H groups in total. The SMILES string of the molecule is CCOc1cc(COc2c(Br)cc(/C=N/NC(=O)c3cccc([N+](=O)[O-])c3)cc2OCC)ccc1OCc1ccccc1. The van der Waals surface area contributed by atoms with Crippen LogP contribution in [-0.4, -0.2) is 30.3 Å². The van der Waals surface area contributed by atoms with E-state index in [1.807, 2.05) is 62.4 Å². The molecule has 4 aromatic carbocycles. The Labute approximate surface area is 257 Å². The molecule has 0 spiro atoms. The highest BCUT2D eigenvalue weighted by Crippen LogP contribution is 2.38. The maximum atomic E-state index is 12.4. The van der Waals surface area contributed by atoms with Crippen LogP contribution in [0.5, 0.6) is 23.0 Å². The largest absolute Gasteiger partial charge is 0.490 e. The maximum Gasteiger partial charge on any atom is 0.271 e. The average Bonchev–Trinajstić information content (AvgIpc) is 3.01. The van der Waals surface area contributed by atoms with Crippen LogP contribution in [0.4, 0.5) is 5.69 Å². The molecule has 0 heterocycles. The summed E-state index contributed by atoms with van der Waals surface area (Å²) in [4.78, 5) is 22.8. The number of rotatable bonds is 14. The van der Waals surface area contributed by atoms with E-state index in [9.17, 15) is 14.9 Å². The number of ether oxygens (including phenoxy) is 4. The monoisotopic (exact) mass is 647 g/mol. The van der Waals surface area contributed by atoms with E-state index in [1.165, 1.54) is 30.5 Å². The van der Waals surface area contributed by atoms with Gasteiger partial charge in [-0.25, -0.2) is 5.43 Å². The standard InChI is InChI=1S/C32H30BrN3O7/c1-3-40-29-16-23(13-14-28(29)42-20-22-9-6-5-7-10-22)21-43-31-27(33)15-24(17-30(31)41-4-2)19-34-35-32(37)25-11-8-12-26(18-25)36(38)39/h5-19H,3-4,20-21H2,1-2H3,(H,35,37)/b34-19+. The normalized spacial score (nSPS) is 10.8. The van der Waals surface area contributed by atoms with E-state index in [0.717, 1.165) is 11.1 Å². The summed E-state index contributed by atoms with van der Waals surface area (Å²) >= 11 is 3.55. The zero-order chi connectivity index (χ0) is 30.6. The van der Waals surface area contributed by atoms with Crippen LogP contribution in [0.1, 0.15) is 40.9 Å². The summed E-state index contributed by atoms with van der Waals surface area (Å²) in [6, 6.07) is 24.5. The number of nitro groups is 1. The van der Waals surface area contributed by atoms with Crippen molar-refractivity contribution >= 4 is 33.7 Å². The Morgan fingerprint density at radius 1 is 0.837 bits per heavy atom. The van der Waals surface area contributed by atoms with Crippen LogP contribution in [0.3, 0.4) is 0 Å². The maximum absolute atomic E-state index is 12.4. The lowest BCUT2D eigenvalue weighted by Crippen LogP contribution is -2.17. The van der Waals surface area contributed by atoms with Crippen LogP contribution in [-0.2, 0) is 13.2 Å². The number of carbonyl (C=O) groups excluding carboxylic acids is 1. The van der Waals surface area contributed by atoms with Crippen molar-refractivity contribution < 1.29 is 28.7 Å². The minimum absolute atomic E-state index is 0.120. The number of non-ortho nitro benzene ring substituents is 1. The van der Waals surface area contributed by atoms with E-state index in [2.05, 4.69) is 26.5 Å². The molecule has 222 valence electrons. The van der Waals surface area contributed by atoms with Crippen molar-refractivity contribution in [2.75, 3.05) is 13.2 Å². The van der Waals surface area contributed by atoms with Gasteiger partial charge in [-0.2, -0.15) is 5.10 Å². The smallest absolute Gasteiger partial charge is 0.271 e. The third-order valence-corrected chi connectivity index (χ3v) is 6.55. The molecule has 0 fully saturated rings. The molecule has 11 heteroatoms. The van der Waals surface area contributed by atoms with Crippen molar-refractivity contribution in [1.29, 1.82) is 0 Å². The molecule has 0 unspecified atom stereocenters. The van der Waals surface area contributed by atoms with Crippen LogP contribution in [0.15, 0.2) is 94.5 Å². The number of hydrogen-bond donors (Lipinski definition) is 1. The summed E-state index contributed by atoms with van der Waals surface area (Å²) in [5, 5.41) is 15.0. The Bertz CT molecular complexity index is 1600. The Balaban J connectivity index is 1.44. The minimum atomic E-state index is -0.577. The number of nitro benzene ring substituents is 1. The zero-order valence-electron chi connectivity index (χ0n) is 23.6. The van der Waals surface area contributed by atoms with E-state index in [0.29, 0.717) is 52.9 Å². The first-order valence-electron chi connectivity index (χ1n) is 13.5. The van der Waals surface area contributed by atoms with Gasteiger partial charge in [-0.15, -0.1) is 0 Å². The Kier molecular flexibility index (Phi) is 11.1. The van der Waals surface area contributed by atoms with Gasteiger partial charge in [0.25, 0.3) is 11.6 Å². The van der Waals surface area contributed by atoms with E-state index in [4.69, 9.17) is 18.9 Å². The molecule has 43 heavy (non-hydrogen) atoms. The van der Waals surface area contributed by atoms with Crippen molar-refractivity contribution in [2.45, 2.75) is 27.1 Å². The fraction of sp³-hybridized carbons (Fsp3) is 0.188. The van der Waals surface area contributed by atoms with Crippen LogP contribution in [0.2, 0.25) is 0 Å². The first-order valence-corrected chi connectivity index (χ1v) is 14.3. The summed E-state index contributed by atoms with van der Waals surface area (Å²) in [7, 11) is 0. The molecule has 4 aromatic rings. The highest BCUT2D eigenvalue weighted by molar-refractivity contribution is 9.10. The van der Waals surface area contributed by atoms with Crippen molar-refractivity contribution in [3.63, 3.8) is 0 Å². The molecule has 0 bridgehead atoms. The number of benzene rings is 4. The van der Waals surface area contributed by atoms with Gasteiger partial charge in [-0.05, 0) is 76.8 Å². The molecule has 0 aliphatic heterocycles. The third kappa shape index (κ3) is 8.79. The summed E-state index contributed by atoms with van der Waals surface area (Å²) in [5.74, 6) is 1.68. The van der Waals surface area contributed by atoms with E-state index >= 15 is 0 Å². The molecule has 0 aliphatic rings. The predicted octanol–water partition coefficient (Wildman–Crippen LogP) is 7.08. The van der Waals surface area contributed by atoms with Gasteiger partial charge >= 0.3 is 0 Å². The lowest BCUT2D eigenvalue weighted by Gasteiger charge is -2.16. The van der Waals surface area contributed by atoms with E-state index in [1.54, 1.807) is 12.1 Å². The number of hydrazone groups is 1. The van der Waals surface area contributed by atoms with E-state index < -0.39 is 10.8 Å². The fourth-order valence-electron chi connectivity index (χ4n) is 3.98. The van der Waals surface area contributed by atoms with Gasteiger partial charge < -0.3 is 18.9 Å². The zero-order valence-corrected chi connectivity index (χ0v) is 25.2. The number of amides is 1. The molecule has 0 aromatic heterocycles. The van der Waals surface area contributed by atoms with Crippen LogP contribution >= 0.6 is 15.9 Å². The van der Waals surface area contributed by atoms with Gasteiger partial charge in [0, 0.05) is 17.7 Å². The summed E-state index contributed by atoms with van der Waals surface area (Å²) in [6.07, 6.45) is 1.44. The summed E-state index contributed by atoms with van der Waals surface area (Å²) < 4.78 is 24.4. The molecule has 10 nitrogen and oxygen atoms in total. The molecule has 0 aliphatic carbocycles. The van der Waals surface area contributed by atoms with Crippen molar-refractivity contribution in [1.82, 2.24) is 5.43 Å². The third-order valence-electron chi connectivity index (χ3n) is 5.96. The summed E-state index contributed by atoms with van der Waals surface area (Å²) in [5.41, 5.74) is 4.88. The van der Waals surface area contributed by atoms with Gasteiger partial charge in [-0.1, -0.05) is 42.5 Å². The minimum Gasteiger partial charge on any atom is -0.490 e. The number of nitrogens with zero attached hydrogens (tertiary/aromatic N) is 2. The Morgan fingerprint density at radius 2 is 1.58 bits per heavy atom. The fourth-order valence-corrected chi connectivity index (χ4v) is 4.55. The first kappa shape index (κ1) is 31.0. The second kappa shape index (κ2) is 15.4. The van der Waals surface area contributed by atoms with Gasteiger partial charge in [0.15, 0.2) is 23.0 Å². The van der Waals surface area contributed by atoms with Crippen LogP contribution in [0, 0.1) is 10.1 Å². The second-order valence-corrected chi connectivity index (χ2v) is 9.90. The van der Waals surface area contributed by atoms with Crippen LogP contribution in [0.25, 0.3) is 0 Å². The van der Waals surface area contributed by atoms with Crippen molar-refractivity contribution in [3.05, 3.63) is 122 Å². The molecule has 0 saturated carbocycles. The van der Waals surface area contributed by atoms with Gasteiger partial charge in [0.05, 0.1) is 28.8 Å². The number of carbonyl (C=O) groups is 1. The van der Waals surface area contributed by atoms with Gasteiger partial charge in [0.1, 0.15) is 13.2 Å². The average molecular weight is 649 g/mol.